The molecule has 4 aromatic carbocycles. The van der Waals surface area contributed by atoms with Crippen LogP contribution < -0.4 is 0 Å². The van der Waals surface area contributed by atoms with Gasteiger partial charge in [-0.1, -0.05) is 60.7 Å². The van der Waals surface area contributed by atoms with Crippen molar-refractivity contribution in [2.24, 2.45) is 0 Å². The number of rotatable bonds is 1. The molecule has 0 saturated carbocycles. The van der Waals surface area contributed by atoms with E-state index in [9.17, 15) is 5.11 Å². The van der Waals surface area contributed by atoms with Gasteiger partial charge in [-0.2, -0.15) is 0 Å². The highest BCUT2D eigenvalue weighted by Gasteiger charge is 2.04. The van der Waals surface area contributed by atoms with Crippen molar-refractivity contribution in [3.63, 3.8) is 0 Å². The first-order valence-electron chi connectivity index (χ1n) is 6.81. The summed E-state index contributed by atoms with van der Waals surface area (Å²) in [6.07, 6.45) is 0. The van der Waals surface area contributed by atoms with Crippen molar-refractivity contribution in [2.45, 2.75) is 6.61 Å². The van der Waals surface area contributed by atoms with Crippen LogP contribution in [0.15, 0.2) is 66.7 Å². The Morgan fingerprint density at radius 1 is 0.600 bits per heavy atom. The molecule has 0 unspecified atom stereocenters. The third-order valence-electron chi connectivity index (χ3n) is 3.99. The maximum absolute atomic E-state index is 9.25. The molecule has 0 saturated heterocycles. The fraction of sp³-hybridized carbons (Fsp3) is 0.0526. The lowest BCUT2D eigenvalue weighted by atomic mass is 9.96. The summed E-state index contributed by atoms with van der Waals surface area (Å²) < 4.78 is 0. The van der Waals surface area contributed by atoms with Crippen LogP contribution in [0.4, 0.5) is 0 Å². The Balaban J connectivity index is 2.17. The van der Waals surface area contributed by atoms with Gasteiger partial charge in [-0.05, 0) is 43.9 Å². The number of aliphatic hydroxyl groups is 1. The third-order valence-corrected chi connectivity index (χ3v) is 3.99. The SMILES string of the molecule is OCc1ccc2c(ccc3c4ccccc4ccc23)c1. The Hall–Kier alpha value is -2.38. The molecule has 1 N–H and O–H groups in total. The molecule has 4 rings (SSSR count). The molecule has 0 radical (unpaired) electrons. The zero-order valence-corrected chi connectivity index (χ0v) is 11.0. The van der Waals surface area contributed by atoms with Crippen molar-refractivity contribution in [3.8, 4) is 0 Å². The summed E-state index contributed by atoms with van der Waals surface area (Å²) in [4.78, 5) is 0. The van der Waals surface area contributed by atoms with Gasteiger partial charge in [-0.25, -0.2) is 0 Å². The van der Waals surface area contributed by atoms with Crippen LogP contribution in [0.3, 0.4) is 0 Å². The average molecular weight is 258 g/mol. The van der Waals surface area contributed by atoms with E-state index < -0.39 is 0 Å². The summed E-state index contributed by atoms with van der Waals surface area (Å²) >= 11 is 0. The number of aliphatic hydroxyl groups excluding tert-OH is 1. The molecule has 0 aromatic heterocycles. The second-order valence-corrected chi connectivity index (χ2v) is 5.16. The molecular weight excluding hydrogens is 244 g/mol. The van der Waals surface area contributed by atoms with Crippen molar-refractivity contribution in [1.82, 2.24) is 0 Å². The molecule has 0 bridgehead atoms. The van der Waals surface area contributed by atoms with Crippen molar-refractivity contribution in [3.05, 3.63) is 72.3 Å². The van der Waals surface area contributed by atoms with Gasteiger partial charge in [0.25, 0.3) is 0 Å². The summed E-state index contributed by atoms with van der Waals surface area (Å²) in [6, 6.07) is 23.3. The van der Waals surface area contributed by atoms with Crippen LogP contribution in [0.5, 0.6) is 0 Å². The summed E-state index contributed by atoms with van der Waals surface area (Å²) in [5.41, 5.74) is 0.956. The zero-order valence-electron chi connectivity index (χ0n) is 11.0. The van der Waals surface area contributed by atoms with E-state index in [-0.39, 0.29) is 6.61 Å². The van der Waals surface area contributed by atoms with E-state index >= 15 is 0 Å². The fourth-order valence-corrected chi connectivity index (χ4v) is 2.98. The second kappa shape index (κ2) is 4.32. The number of hydrogen-bond acceptors (Lipinski definition) is 1. The molecule has 0 amide bonds. The Morgan fingerprint density at radius 2 is 1.25 bits per heavy atom. The van der Waals surface area contributed by atoms with Gasteiger partial charge in [-0.15, -0.1) is 0 Å². The van der Waals surface area contributed by atoms with Crippen molar-refractivity contribution in [1.29, 1.82) is 0 Å². The lowest BCUT2D eigenvalue weighted by molar-refractivity contribution is 0.282. The molecule has 0 spiro atoms. The summed E-state index contributed by atoms with van der Waals surface area (Å²) in [7, 11) is 0. The van der Waals surface area contributed by atoms with Crippen molar-refractivity contribution >= 4 is 32.3 Å². The van der Waals surface area contributed by atoms with Gasteiger partial charge >= 0.3 is 0 Å². The van der Waals surface area contributed by atoms with Gasteiger partial charge in [0.15, 0.2) is 0 Å². The highest BCUT2D eigenvalue weighted by Crippen LogP contribution is 2.31. The summed E-state index contributed by atoms with van der Waals surface area (Å²) in [5.74, 6) is 0. The lowest BCUT2D eigenvalue weighted by Crippen LogP contribution is -1.84. The van der Waals surface area contributed by atoms with E-state index in [2.05, 4.69) is 60.7 Å². The summed E-state index contributed by atoms with van der Waals surface area (Å²) in [5, 5.41) is 16.8. The molecule has 1 heteroatoms. The molecule has 0 aliphatic rings. The van der Waals surface area contributed by atoms with E-state index in [1.165, 1.54) is 32.3 Å². The van der Waals surface area contributed by atoms with Crippen LogP contribution >= 0.6 is 0 Å². The van der Waals surface area contributed by atoms with Gasteiger partial charge in [0.2, 0.25) is 0 Å². The number of fused-ring (bicyclic) bond motifs is 5. The van der Waals surface area contributed by atoms with Gasteiger partial charge in [-0.3, -0.25) is 0 Å². The quantitative estimate of drug-likeness (QED) is 0.493. The molecule has 1 nitrogen and oxygen atoms in total. The maximum atomic E-state index is 9.25. The standard InChI is InChI=1S/C19H14O/c20-12-13-5-8-17-15(11-13)7-10-18-16-4-2-1-3-14(16)6-9-19(17)18/h1-11,20H,12H2. The molecule has 0 aliphatic carbocycles. The topological polar surface area (TPSA) is 20.2 Å². The van der Waals surface area contributed by atoms with E-state index in [4.69, 9.17) is 0 Å². The van der Waals surface area contributed by atoms with Gasteiger partial charge in [0.1, 0.15) is 0 Å². The Morgan fingerprint density at radius 3 is 2.05 bits per heavy atom. The van der Waals surface area contributed by atoms with Gasteiger partial charge in [0.05, 0.1) is 6.61 Å². The van der Waals surface area contributed by atoms with Crippen molar-refractivity contribution in [2.75, 3.05) is 0 Å². The molecule has 0 aliphatic heterocycles. The van der Waals surface area contributed by atoms with Crippen LogP contribution in [0.2, 0.25) is 0 Å². The van der Waals surface area contributed by atoms with E-state index in [0.717, 1.165) is 5.56 Å². The van der Waals surface area contributed by atoms with Gasteiger partial charge < -0.3 is 5.11 Å². The maximum Gasteiger partial charge on any atom is 0.0682 e. The van der Waals surface area contributed by atoms with E-state index in [0.29, 0.717) is 0 Å². The molecule has 0 atom stereocenters. The second-order valence-electron chi connectivity index (χ2n) is 5.16. The first kappa shape index (κ1) is 11.4. The monoisotopic (exact) mass is 258 g/mol. The molecule has 20 heavy (non-hydrogen) atoms. The highest BCUT2D eigenvalue weighted by molar-refractivity contribution is 6.17. The normalized spacial score (nSPS) is 11.4. The largest absolute Gasteiger partial charge is 0.392 e. The number of hydrogen-bond donors (Lipinski definition) is 1. The minimum atomic E-state index is 0.0890. The summed E-state index contributed by atoms with van der Waals surface area (Å²) in [6.45, 7) is 0.0890. The van der Waals surface area contributed by atoms with Crippen LogP contribution in [-0.4, -0.2) is 5.11 Å². The predicted molar refractivity (Wildman–Crippen MR) is 84.9 cm³/mol. The molecule has 0 fully saturated rings. The van der Waals surface area contributed by atoms with Crippen LogP contribution in [0.1, 0.15) is 5.56 Å². The number of benzene rings is 4. The first-order chi connectivity index (χ1) is 9.86. The molecular formula is C19H14O. The van der Waals surface area contributed by atoms with E-state index in [1.807, 2.05) is 6.07 Å². The highest BCUT2D eigenvalue weighted by atomic mass is 16.3. The molecule has 4 aromatic rings. The van der Waals surface area contributed by atoms with Crippen LogP contribution in [0, 0.1) is 0 Å². The smallest absolute Gasteiger partial charge is 0.0682 e. The van der Waals surface area contributed by atoms with Crippen LogP contribution in [0.25, 0.3) is 32.3 Å². The van der Waals surface area contributed by atoms with Crippen LogP contribution in [-0.2, 0) is 6.61 Å². The van der Waals surface area contributed by atoms with Gasteiger partial charge in [0, 0.05) is 0 Å². The Labute approximate surface area is 117 Å². The Kier molecular flexibility index (Phi) is 2.48. The minimum Gasteiger partial charge on any atom is -0.392 e. The predicted octanol–water partition coefficient (Wildman–Crippen LogP) is 4.64. The van der Waals surface area contributed by atoms with E-state index in [1.54, 1.807) is 0 Å². The third kappa shape index (κ3) is 1.60. The minimum absolute atomic E-state index is 0.0890. The molecule has 0 heterocycles. The average Bonchev–Trinajstić information content (AvgIpc) is 2.53. The first-order valence-corrected chi connectivity index (χ1v) is 6.81. The molecule has 96 valence electrons. The fourth-order valence-electron chi connectivity index (χ4n) is 2.98. The lowest BCUT2D eigenvalue weighted by Gasteiger charge is -2.08. The Bertz CT molecular complexity index is 938. The van der Waals surface area contributed by atoms with Crippen molar-refractivity contribution < 1.29 is 5.11 Å². The zero-order chi connectivity index (χ0) is 13.5.